The first-order chi connectivity index (χ1) is 16.9. The Morgan fingerprint density at radius 3 is 2.54 bits per heavy atom. The molecule has 1 atom stereocenters. The molecule has 0 bridgehead atoms. The van der Waals surface area contributed by atoms with E-state index >= 15 is 0 Å². The van der Waals surface area contributed by atoms with E-state index in [1.54, 1.807) is 12.1 Å². The number of carbonyl (C=O) groups is 3. The van der Waals surface area contributed by atoms with Crippen molar-refractivity contribution in [2.45, 2.75) is 61.9 Å². The summed E-state index contributed by atoms with van der Waals surface area (Å²) in [6.07, 6.45) is 3.90. The third kappa shape index (κ3) is 4.97. The zero-order chi connectivity index (χ0) is 24.5. The van der Waals surface area contributed by atoms with Gasteiger partial charge in [-0.3, -0.25) is 24.6 Å². The second kappa shape index (κ2) is 10.1. The number of nitrogens with zero attached hydrogens (tertiary/aromatic N) is 2. The maximum absolute atomic E-state index is 14.8. The van der Waals surface area contributed by atoms with E-state index in [2.05, 4.69) is 10.2 Å². The first-order valence-corrected chi connectivity index (χ1v) is 13.0. The van der Waals surface area contributed by atoms with E-state index in [1.165, 1.54) is 29.1 Å². The molecule has 3 amide bonds. The van der Waals surface area contributed by atoms with E-state index in [9.17, 15) is 23.2 Å². The Balaban J connectivity index is 1.29. The van der Waals surface area contributed by atoms with Crippen LogP contribution in [0.25, 0.3) is 0 Å². The van der Waals surface area contributed by atoms with Gasteiger partial charge in [0.1, 0.15) is 17.7 Å². The van der Waals surface area contributed by atoms with Gasteiger partial charge >= 0.3 is 0 Å². The number of hydrogen-bond donors (Lipinski definition) is 1. The van der Waals surface area contributed by atoms with Crippen molar-refractivity contribution in [2.75, 3.05) is 13.1 Å². The highest BCUT2D eigenvalue weighted by molar-refractivity contribution is 7.98. The van der Waals surface area contributed by atoms with Crippen molar-refractivity contribution in [2.24, 2.45) is 0 Å². The molecule has 3 heterocycles. The molecule has 35 heavy (non-hydrogen) atoms. The van der Waals surface area contributed by atoms with Gasteiger partial charge in [0, 0.05) is 41.3 Å². The van der Waals surface area contributed by atoms with Crippen LogP contribution in [0.2, 0.25) is 0 Å². The van der Waals surface area contributed by atoms with Crippen LogP contribution >= 0.6 is 11.8 Å². The van der Waals surface area contributed by atoms with Crippen LogP contribution in [0.15, 0.2) is 35.2 Å². The molecular weight excluding hydrogens is 472 g/mol. The molecule has 2 fully saturated rings. The fourth-order valence-electron chi connectivity index (χ4n) is 5.07. The zero-order valence-electron chi connectivity index (χ0n) is 19.3. The minimum Gasteiger partial charge on any atom is -0.322 e. The third-order valence-electron chi connectivity index (χ3n) is 6.96. The maximum atomic E-state index is 14.8. The van der Waals surface area contributed by atoms with Gasteiger partial charge in [-0.05, 0) is 56.1 Å². The number of nitrogens with one attached hydrogen (secondary N) is 1. The summed E-state index contributed by atoms with van der Waals surface area (Å²) in [4.78, 5) is 41.1. The monoisotopic (exact) mass is 499 g/mol. The van der Waals surface area contributed by atoms with Crippen molar-refractivity contribution >= 4 is 29.5 Å². The number of fused-ring (bicyclic) bond motifs is 1. The van der Waals surface area contributed by atoms with Gasteiger partial charge in [-0.15, -0.1) is 11.8 Å². The molecular formula is C26H27F2N3O3S. The molecule has 0 radical (unpaired) electrons. The quantitative estimate of drug-likeness (QED) is 0.481. The van der Waals surface area contributed by atoms with Crippen LogP contribution in [0.3, 0.4) is 0 Å². The van der Waals surface area contributed by atoms with Crippen molar-refractivity contribution in [3.05, 3.63) is 64.2 Å². The van der Waals surface area contributed by atoms with Crippen molar-refractivity contribution in [1.82, 2.24) is 15.1 Å². The summed E-state index contributed by atoms with van der Waals surface area (Å²) in [6, 6.07) is 7.39. The van der Waals surface area contributed by atoms with Crippen LogP contribution < -0.4 is 5.32 Å². The van der Waals surface area contributed by atoms with Gasteiger partial charge in [0.05, 0.1) is 5.56 Å². The number of hydrogen-bond acceptors (Lipinski definition) is 5. The molecule has 2 aromatic rings. The molecule has 0 aromatic heterocycles. The summed E-state index contributed by atoms with van der Waals surface area (Å²) in [7, 11) is 0. The lowest BCUT2D eigenvalue weighted by atomic mass is 10.0. The number of halogens is 2. The second-order valence-electron chi connectivity index (χ2n) is 9.35. The maximum Gasteiger partial charge on any atom is 0.258 e. The highest BCUT2D eigenvalue weighted by atomic mass is 32.2. The predicted octanol–water partition coefficient (Wildman–Crippen LogP) is 4.00. The van der Waals surface area contributed by atoms with Crippen molar-refractivity contribution in [3.63, 3.8) is 0 Å². The molecule has 5 rings (SSSR count). The summed E-state index contributed by atoms with van der Waals surface area (Å²) in [5, 5.41) is 2.26. The van der Waals surface area contributed by atoms with Gasteiger partial charge in [0.2, 0.25) is 11.8 Å². The summed E-state index contributed by atoms with van der Waals surface area (Å²) >= 11 is 1.41. The Bertz CT molecular complexity index is 1180. The van der Waals surface area contributed by atoms with Gasteiger partial charge in [-0.1, -0.05) is 18.6 Å². The lowest BCUT2D eigenvalue weighted by Gasteiger charge is -2.29. The number of likely N-dealkylation sites (tertiary alicyclic amines) is 1. The zero-order valence-corrected chi connectivity index (χ0v) is 20.1. The largest absolute Gasteiger partial charge is 0.322 e. The van der Waals surface area contributed by atoms with E-state index in [0.29, 0.717) is 23.4 Å². The number of carbonyl (C=O) groups excluding carboxylic acids is 3. The number of benzene rings is 2. The Morgan fingerprint density at radius 2 is 1.80 bits per heavy atom. The van der Waals surface area contributed by atoms with E-state index in [1.807, 2.05) is 12.1 Å². The molecule has 184 valence electrons. The summed E-state index contributed by atoms with van der Waals surface area (Å²) < 4.78 is 29.4. The van der Waals surface area contributed by atoms with E-state index in [0.717, 1.165) is 36.4 Å². The normalized spacial score (nSPS) is 20.8. The molecule has 1 N–H and O–H groups in total. The number of rotatable bonds is 6. The molecule has 6 nitrogen and oxygen atoms in total. The highest BCUT2D eigenvalue weighted by Crippen LogP contribution is 2.37. The van der Waals surface area contributed by atoms with Crippen LogP contribution in [0.4, 0.5) is 8.78 Å². The van der Waals surface area contributed by atoms with Gasteiger partial charge in [-0.25, -0.2) is 8.78 Å². The molecule has 0 aliphatic carbocycles. The lowest BCUT2D eigenvalue weighted by molar-refractivity contribution is -0.136. The Morgan fingerprint density at radius 1 is 1.00 bits per heavy atom. The van der Waals surface area contributed by atoms with Crippen LogP contribution in [-0.2, 0) is 28.4 Å². The van der Waals surface area contributed by atoms with Gasteiger partial charge in [0.15, 0.2) is 0 Å². The minimum absolute atomic E-state index is 0.0252. The van der Waals surface area contributed by atoms with Gasteiger partial charge < -0.3 is 4.90 Å². The SMILES string of the molecule is O=C1CCC(N2Cc3c(SCc4ccc(CN5CCCCC5)c(F)c4)ccc(F)c3C2=O)C(=O)N1. The first kappa shape index (κ1) is 23.9. The second-order valence-corrected chi connectivity index (χ2v) is 10.4. The lowest BCUT2D eigenvalue weighted by Crippen LogP contribution is -2.52. The third-order valence-corrected chi connectivity index (χ3v) is 8.13. The molecule has 2 saturated heterocycles. The van der Waals surface area contributed by atoms with Crippen molar-refractivity contribution in [3.8, 4) is 0 Å². The molecule has 0 saturated carbocycles. The van der Waals surface area contributed by atoms with E-state index in [4.69, 9.17) is 0 Å². The molecule has 3 aliphatic rings. The predicted molar refractivity (Wildman–Crippen MR) is 128 cm³/mol. The average Bonchev–Trinajstić information content (AvgIpc) is 3.19. The Hall–Kier alpha value is -2.78. The van der Waals surface area contributed by atoms with E-state index in [-0.39, 0.29) is 36.7 Å². The van der Waals surface area contributed by atoms with Crippen molar-refractivity contribution in [1.29, 1.82) is 0 Å². The first-order valence-electron chi connectivity index (χ1n) is 12.0. The fraction of sp³-hybridized carbons (Fsp3) is 0.423. The van der Waals surface area contributed by atoms with E-state index < -0.39 is 23.7 Å². The van der Waals surface area contributed by atoms with Gasteiger partial charge in [-0.2, -0.15) is 0 Å². The number of amides is 3. The van der Waals surface area contributed by atoms with Gasteiger partial charge in [0.25, 0.3) is 5.91 Å². The Labute approximate surface area is 207 Å². The summed E-state index contributed by atoms with van der Waals surface area (Å²) in [6.45, 7) is 2.72. The topological polar surface area (TPSA) is 69.7 Å². The molecule has 2 aromatic carbocycles. The molecule has 0 spiro atoms. The smallest absolute Gasteiger partial charge is 0.258 e. The molecule has 9 heteroatoms. The summed E-state index contributed by atoms with van der Waals surface area (Å²) in [5.74, 6) is -1.83. The van der Waals surface area contributed by atoms with Crippen molar-refractivity contribution < 1.29 is 23.2 Å². The summed E-state index contributed by atoms with van der Waals surface area (Å²) in [5.41, 5.74) is 2.00. The highest BCUT2D eigenvalue weighted by Gasteiger charge is 2.41. The Kier molecular flexibility index (Phi) is 6.88. The van der Waals surface area contributed by atoms with Crippen LogP contribution in [0.5, 0.6) is 0 Å². The standard InChI is InChI=1S/C26H27F2N3O3S/c27-19-6-8-22(18-14-31(26(34)24(18)19)21-7-9-23(32)29-25(21)33)35-15-16-4-5-17(20(28)12-16)13-30-10-2-1-3-11-30/h4-6,8,12,21H,1-3,7,9-11,13-15H2,(H,29,32,33). The molecule has 1 unspecified atom stereocenters. The molecule has 3 aliphatic heterocycles. The number of imide groups is 1. The number of piperidine rings is 2. The number of thioether (sulfide) groups is 1. The fourth-order valence-corrected chi connectivity index (χ4v) is 6.08. The van der Waals surface area contributed by atoms with Crippen LogP contribution in [0.1, 0.15) is 59.2 Å². The van der Waals surface area contributed by atoms with Crippen LogP contribution in [0, 0.1) is 11.6 Å². The minimum atomic E-state index is -0.800. The average molecular weight is 500 g/mol. The van der Waals surface area contributed by atoms with Crippen LogP contribution in [-0.4, -0.2) is 46.7 Å².